The van der Waals surface area contributed by atoms with Crippen LogP contribution in [0.2, 0.25) is 5.02 Å². The standard InChI is InChI=1S/C16H17ClIN/c1-3-19-16(12-5-4-6-14(18)9-12)13-8-7-11(2)15(17)10-13/h4-10,16,19H,3H2,1-2H3. The Morgan fingerprint density at radius 2 is 1.89 bits per heavy atom. The molecule has 0 aliphatic carbocycles. The van der Waals surface area contributed by atoms with Crippen LogP contribution in [0, 0.1) is 10.5 Å². The van der Waals surface area contributed by atoms with Crippen molar-refractivity contribution in [3.63, 3.8) is 0 Å². The smallest absolute Gasteiger partial charge is 0.0577 e. The summed E-state index contributed by atoms with van der Waals surface area (Å²) in [5.74, 6) is 0. The first-order chi connectivity index (χ1) is 9.11. The molecule has 1 N–H and O–H groups in total. The quantitative estimate of drug-likeness (QED) is 0.734. The number of hydrogen-bond donors (Lipinski definition) is 1. The fourth-order valence-corrected chi connectivity index (χ4v) is 2.86. The Labute approximate surface area is 133 Å². The molecule has 0 saturated carbocycles. The molecule has 1 nitrogen and oxygen atoms in total. The second kappa shape index (κ2) is 6.73. The molecule has 2 rings (SSSR count). The Morgan fingerprint density at radius 1 is 1.16 bits per heavy atom. The highest BCUT2D eigenvalue weighted by Crippen LogP contribution is 2.27. The minimum Gasteiger partial charge on any atom is -0.307 e. The first kappa shape index (κ1) is 14.8. The Hall–Kier alpha value is -0.580. The largest absolute Gasteiger partial charge is 0.307 e. The monoisotopic (exact) mass is 385 g/mol. The molecule has 3 heteroatoms. The summed E-state index contributed by atoms with van der Waals surface area (Å²) in [6, 6.07) is 15.0. The van der Waals surface area contributed by atoms with Crippen LogP contribution in [-0.4, -0.2) is 6.54 Å². The highest BCUT2D eigenvalue weighted by Gasteiger charge is 2.14. The number of nitrogens with one attached hydrogen (secondary N) is 1. The van der Waals surface area contributed by atoms with Gasteiger partial charge >= 0.3 is 0 Å². The van der Waals surface area contributed by atoms with Gasteiger partial charge in [0.25, 0.3) is 0 Å². The molecule has 0 aliphatic rings. The van der Waals surface area contributed by atoms with Crippen LogP contribution in [0.1, 0.15) is 29.7 Å². The molecule has 0 heterocycles. The van der Waals surface area contributed by atoms with E-state index >= 15 is 0 Å². The zero-order valence-corrected chi connectivity index (χ0v) is 14.0. The minimum atomic E-state index is 0.192. The summed E-state index contributed by atoms with van der Waals surface area (Å²) in [7, 11) is 0. The third-order valence-electron chi connectivity index (χ3n) is 3.12. The van der Waals surface area contributed by atoms with E-state index in [1.54, 1.807) is 0 Å². The molecule has 2 aromatic rings. The second-order valence-electron chi connectivity index (χ2n) is 4.55. The van der Waals surface area contributed by atoms with Crippen LogP contribution in [0.15, 0.2) is 42.5 Å². The summed E-state index contributed by atoms with van der Waals surface area (Å²) in [6.45, 7) is 5.07. The van der Waals surface area contributed by atoms with Crippen molar-refractivity contribution in [2.24, 2.45) is 0 Å². The highest BCUT2D eigenvalue weighted by molar-refractivity contribution is 14.1. The van der Waals surface area contributed by atoms with Gasteiger partial charge in [-0.25, -0.2) is 0 Å². The Kier molecular flexibility index (Phi) is 5.25. The fraction of sp³-hybridized carbons (Fsp3) is 0.250. The third kappa shape index (κ3) is 3.71. The third-order valence-corrected chi connectivity index (χ3v) is 4.20. The van der Waals surface area contributed by atoms with E-state index in [0.717, 1.165) is 17.1 Å². The van der Waals surface area contributed by atoms with Crippen molar-refractivity contribution in [1.29, 1.82) is 0 Å². The summed E-state index contributed by atoms with van der Waals surface area (Å²) in [6.07, 6.45) is 0. The van der Waals surface area contributed by atoms with Crippen LogP contribution < -0.4 is 5.32 Å². The second-order valence-corrected chi connectivity index (χ2v) is 6.21. The van der Waals surface area contributed by atoms with Crippen molar-refractivity contribution >= 4 is 34.2 Å². The van der Waals surface area contributed by atoms with Gasteiger partial charge in [0.05, 0.1) is 6.04 Å². The Bertz CT molecular complexity index is 568. The molecular formula is C16H17ClIN. The Morgan fingerprint density at radius 3 is 2.53 bits per heavy atom. The molecule has 0 bridgehead atoms. The summed E-state index contributed by atoms with van der Waals surface area (Å²) in [5, 5.41) is 4.35. The van der Waals surface area contributed by atoms with Crippen molar-refractivity contribution < 1.29 is 0 Å². The predicted molar refractivity (Wildman–Crippen MR) is 90.9 cm³/mol. The van der Waals surface area contributed by atoms with Crippen LogP contribution in [0.3, 0.4) is 0 Å². The molecule has 100 valence electrons. The summed E-state index contributed by atoms with van der Waals surface area (Å²) < 4.78 is 1.25. The van der Waals surface area contributed by atoms with Crippen LogP contribution in [0.5, 0.6) is 0 Å². The zero-order valence-electron chi connectivity index (χ0n) is 11.1. The number of aryl methyl sites for hydroxylation is 1. The van der Waals surface area contributed by atoms with Crippen molar-refractivity contribution in [3.8, 4) is 0 Å². The normalized spacial score (nSPS) is 12.4. The molecule has 0 radical (unpaired) electrons. The lowest BCUT2D eigenvalue weighted by molar-refractivity contribution is 0.630. The topological polar surface area (TPSA) is 12.0 Å². The SMILES string of the molecule is CCNC(c1cccc(I)c1)c1ccc(C)c(Cl)c1. The van der Waals surface area contributed by atoms with Crippen LogP contribution in [0.25, 0.3) is 0 Å². The van der Waals surface area contributed by atoms with Crippen molar-refractivity contribution in [2.45, 2.75) is 19.9 Å². The van der Waals surface area contributed by atoms with Crippen molar-refractivity contribution in [2.75, 3.05) is 6.54 Å². The maximum Gasteiger partial charge on any atom is 0.0577 e. The Balaban J connectivity index is 2.42. The average Bonchev–Trinajstić information content (AvgIpc) is 2.39. The lowest BCUT2D eigenvalue weighted by Crippen LogP contribution is -2.22. The van der Waals surface area contributed by atoms with Gasteiger partial charge in [0, 0.05) is 8.59 Å². The van der Waals surface area contributed by atoms with Crippen LogP contribution in [0.4, 0.5) is 0 Å². The lowest BCUT2D eigenvalue weighted by Gasteiger charge is -2.20. The molecule has 0 saturated heterocycles. The zero-order chi connectivity index (χ0) is 13.8. The van der Waals surface area contributed by atoms with E-state index < -0.39 is 0 Å². The first-order valence-electron chi connectivity index (χ1n) is 6.36. The number of benzene rings is 2. The van der Waals surface area contributed by atoms with E-state index in [1.165, 1.54) is 14.7 Å². The van der Waals surface area contributed by atoms with Gasteiger partial charge in [0.15, 0.2) is 0 Å². The maximum atomic E-state index is 6.25. The van der Waals surface area contributed by atoms with E-state index in [4.69, 9.17) is 11.6 Å². The summed E-state index contributed by atoms with van der Waals surface area (Å²) in [4.78, 5) is 0. The molecule has 0 aliphatic heterocycles. The molecular weight excluding hydrogens is 369 g/mol. The fourth-order valence-electron chi connectivity index (χ4n) is 2.11. The van der Waals surface area contributed by atoms with E-state index in [0.29, 0.717) is 0 Å². The summed E-state index contributed by atoms with van der Waals surface area (Å²) >= 11 is 8.59. The van der Waals surface area contributed by atoms with E-state index in [9.17, 15) is 0 Å². The van der Waals surface area contributed by atoms with Gasteiger partial charge in [0.1, 0.15) is 0 Å². The number of hydrogen-bond acceptors (Lipinski definition) is 1. The molecule has 1 unspecified atom stereocenters. The molecule has 0 amide bonds. The number of rotatable bonds is 4. The van der Waals surface area contributed by atoms with Gasteiger partial charge < -0.3 is 5.32 Å². The van der Waals surface area contributed by atoms with Gasteiger partial charge in [-0.15, -0.1) is 0 Å². The minimum absolute atomic E-state index is 0.192. The van der Waals surface area contributed by atoms with Gasteiger partial charge in [0.2, 0.25) is 0 Å². The summed E-state index contributed by atoms with van der Waals surface area (Å²) in [5.41, 5.74) is 3.59. The van der Waals surface area contributed by atoms with E-state index in [2.05, 4.69) is 77.3 Å². The van der Waals surface area contributed by atoms with Gasteiger partial charge in [-0.2, -0.15) is 0 Å². The van der Waals surface area contributed by atoms with E-state index in [-0.39, 0.29) is 6.04 Å². The van der Waals surface area contributed by atoms with Crippen LogP contribution >= 0.6 is 34.2 Å². The van der Waals surface area contributed by atoms with Gasteiger partial charge in [-0.1, -0.05) is 42.8 Å². The molecule has 2 aromatic carbocycles. The van der Waals surface area contributed by atoms with Crippen molar-refractivity contribution in [3.05, 3.63) is 67.7 Å². The average molecular weight is 386 g/mol. The molecule has 0 fully saturated rings. The molecule has 0 aromatic heterocycles. The first-order valence-corrected chi connectivity index (χ1v) is 7.82. The van der Waals surface area contributed by atoms with Crippen LogP contribution in [-0.2, 0) is 0 Å². The highest BCUT2D eigenvalue weighted by atomic mass is 127. The van der Waals surface area contributed by atoms with Gasteiger partial charge in [-0.3, -0.25) is 0 Å². The van der Waals surface area contributed by atoms with E-state index in [1.807, 2.05) is 6.92 Å². The maximum absolute atomic E-state index is 6.25. The molecule has 19 heavy (non-hydrogen) atoms. The predicted octanol–water partition coefficient (Wildman–Crippen LogP) is 4.95. The van der Waals surface area contributed by atoms with Gasteiger partial charge in [-0.05, 0) is 70.9 Å². The molecule has 1 atom stereocenters. The lowest BCUT2D eigenvalue weighted by atomic mass is 9.98. The van der Waals surface area contributed by atoms with Crippen molar-refractivity contribution in [1.82, 2.24) is 5.32 Å². The molecule has 0 spiro atoms. The number of halogens is 2.